The molecule has 0 aliphatic rings. The SMILES string of the molecule is NCCCCC(NC(=O)CNC(=O)CN)C(=O)NCC(=O)O. The first-order valence-corrected chi connectivity index (χ1v) is 6.86. The zero-order valence-electron chi connectivity index (χ0n) is 12.3. The topological polar surface area (TPSA) is 177 Å². The highest BCUT2D eigenvalue weighted by molar-refractivity contribution is 5.91. The van der Waals surface area contributed by atoms with E-state index in [1.165, 1.54) is 0 Å². The number of carbonyl (C=O) groups is 4. The van der Waals surface area contributed by atoms with Crippen LogP contribution >= 0.6 is 0 Å². The van der Waals surface area contributed by atoms with Crippen LogP contribution in [0.4, 0.5) is 0 Å². The summed E-state index contributed by atoms with van der Waals surface area (Å²) >= 11 is 0. The maximum atomic E-state index is 11.8. The van der Waals surface area contributed by atoms with E-state index in [-0.39, 0.29) is 13.1 Å². The molecule has 0 bridgehead atoms. The summed E-state index contributed by atoms with van der Waals surface area (Å²) < 4.78 is 0. The highest BCUT2D eigenvalue weighted by Gasteiger charge is 2.20. The maximum absolute atomic E-state index is 11.8. The van der Waals surface area contributed by atoms with E-state index in [4.69, 9.17) is 16.6 Å². The molecule has 0 radical (unpaired) electrons. The van der Waals surface area contributed by atoms with Gasteiger partial charge in [-0.3, -0.25) is 19.2 Å². The predicted molar refractivity (Wildman–Crippen MR) is 77.5 cm³/mol. The molecule has 10 nitrogen and oxygen atoms in total. The first-order chi connectivity index (χ1) is 10.4. The fourth-order valence-electron chi connectivity index (χ4n) is 1.54. The lowest BCUT2D eigenvalue weighted by Crippen LogP contribution is -2.50. The molecule has 22 heavy (non-hydrogen) atoms. The van der Waals surface area contributed by atoms with Crippen molar-refractivity contribution in [2.75, 3.05) is 26.2 Å². The summed E-state index contributed by atoms with van der Waals surface area (Å²) in [5.41, 5.74) is 10.4. The number of hydrogen-bond donors (Lipinski definition) is 6. The van der Waals surface area contributed by atoms with Crippen molar-refractivity contribution in [1.82, 2.24) is 16.0 Å². The highest BCUT2D eigenvalue weighted by Crippen LogP contribution is 2.00. The molecule has 126 valence electrons. The number of hydrogen-bond acceptors (Lipinski definition) is 6. The van der Waals surface area contributed by atoms with E-state index in [0.717, 1.165) is 0 Å². The molecule has 0 aromatic heterocycles. The second kappa shape index (κ2) is 11.5. The number of nitrogens with one attached hydrogen (secondary N) is 3. The van der Waals surface area contributed by atoms with E-state index in [0.29, 0.717) is 25.8 Å². The monoisotopic (exact) mass is 317 g/mol. The zero-order chi connectivity index (χ0) is 17.0. The second-order valence-corrected chi connectivity index (χ2v) is 4.50. The number of unbranched alkanes of at least 4 members (excludes halogenated alkanes) is 1. The molecule has 0 fully saturated rings. The summed E-state index contributed by atoms with van der Waals surface area (Å²) in [4.78, 5) is 44.9. The van der Waals surface area contributed by atoms with Gasteiger partial charge in [0.25, 0.3) is 0 Å². The van der Waals surface area contributed by atoms with Crippen LogP contribution in [0.2, 0.25) is 0 Å². The van der Waals surface area contributed by atoms with E-state index in [1.54, 1.807) is 0 Å². The molecule has 0 aliphatic carbocycles. The summed E-state index contributed by atoms with van der Waals surface area (Å²) in [5, 5.41) is 15.4. The Bertz CT molecular complexity index is 401. The van der Waals surface area contributed by atoms with Crippen molar-refractivity contribution in [2.45, 2.75) is 25.3 Å². The first-order valence-electron chi connectivity index (χ1n) is 6.86. The van der Waals surface area contributed by atoms with Gasteiger partial charge in [-0.25, -0.2) is 0 Å². The van der Waals surface area contributed by atoms with Gasteiger partial charge in [0.1, 0.15) is 12.6 Å². The smallest absolute Gasteiger partial charge is 0.322 e. The molecule has 0 aromatic rings. The molecule has 0 saturated carbocycles. The average Bonchev–Trinajstić information content (AvgIpc) is 2.49. The van der Waals surface area contributed by atoms with Gasteiger partial charge in [0.15, 0.2) is 0 Å². The van der Waals surface area contributed by atoms with Gasteiger partial charge in [-0.15, -0.1) is 0 Å². The molecule has 0 rings (SSSR count). The Morgan fingerprint density at radius 3 is 2.18 bits per heavy atom. The Hall–Kier alpha value is -2.20. The van der Waals surface area contributed by atoms with Crippen LogP contribution in [0.1, 0.15) is 19.3 Å². The molecule has 1 atom stereocenters. The standard InChI is InChI=1S/C12H23N5O5/c13-4-2-1-3-8(12(22)16-7-11(20)21)17-10(19)6-15-9(18)5-14/h8H,1-7,13-14H2,(H,15,18)(H,16,22)(H,17,19)(H,20,21). The Kier molecular flexibility index (Phi) is 10.3. The summed E-state index contributed by atoms with van der Waals surface area (Å²) in [6.07, 6.45) is 1.58. The lowest BCUT2D eigenvalue weighted by Gasteiger charge is -2.18. The van der Waals surface area contributed by atoms with Crippen molar-refractivity contribution < 1.29 is 24.3 Å². The molecule has 0 heterocycles. The molecule has 3 amide bonds. The van der Waals surface area contributed by atoms with Gasteiger partial charge < -0.3 is 32.5 Å². The molecular formula is C12H23N5O5. The zero-order valence-corrected chi connectivity index (χ0v) is 12.3. The van der Waals surface area contributed by atoms with Crippen LogP contribution < -0.4 is 27.4 Å². The van der Waals surface area contributed by atoms with E-state index < -0.39 is 36.3 Å². The highest BCUT2D eigenvalue weighted by atomic mass is 16.4. The Morgan fingerprint density at radius 2 is 1.64 bits per heavy atom. The molecule has 8 N–H and O–H groups in total. The lowest BCUT2D eigenvalue weighted by atomic mass is 10.1. The fourth-order valence-corrected chi connectivity index (χ4v) is 1.54. The Morgan fingerprint density at radius 1 is 0.955 bits per heavy atom. The van der Waals surface area contributed by atoms with Crippen molar-refractivity contribution in [1.29, 1.82) is 0 Å². The minimum Gasteiger partial charge on any atom is -0.480 e. The molecule has 0 aromatic carbocycles. The van der Waals surface area contributed by atoms with Gasteiger partial charge in [0.2, 0.25) is 17.7 Å². The van der Waals surface area contributed by atoms with Gasteiger partial charge in [-0.2, -0.15) is 0 Å². The third kappa shape index (κ3) is 9.66. The van der Waals surface area contributed by atoms with E-state index in [1.807, 2.05) is 0 Å². The summed E-state index contributed by atoms with van der Waals surface area (Å²) in [7, 11) is 0. The van der Waals surface area contributed by atoms with Crippen molar-refractivity contribution in [2.24, 2.45) is 11.5 Å². The number of aliphatic carboxylic acids is 1. The van der Waals surface area contributed by atoms with Crippen molar-refractivity contribution in [3.05, 3.63) is 0 Å². The van der Waals surface area contributed by atoms with Crippen molar-refractivity contribution in [3.8, 4) is 0 Å². The average molecular weight is 317 g/mol. The molecule has 0 saturated heterocycles. The van der Waals surface area contributed by atoms with E-state index in [2.05, 4.69) is 16.0 Å². The number of rotatable bonds is 11. The lowest BCUT2D eigenvalue weighted by molar-refractivity contribution is -0.138. The quantitative estimate of drug-likeness (QED) is 0.218. The normalized spacial score (nSPS) is 11.4. The largest absolute Gasteiger partial charge is 0.480 e. The van der Waals surface area contributed by atoms with Gasteiger partial charge >= 0.3 is 5.97 Å². The summed E-state index contributed by atoms with van der Waals surface area (Å²) in [6.45, 7) is -0.641. The first kappa shape index (κ1) is 19.8. The minimum atomic E-state index is -1.18. The summed E-state index contributed by atoms with van der Waals surface area (Å²) in [5.74, 6) is -2.84. The van der Waals surface area contributed by atoms with Crippen LogP contribution in [-0.4, -0.2) is 61.0 Å². The van der Waals surface area contributed by atoms with Gasteiger partial charge in [0, 0.05) is 0 Å². The molecular weight excluding hydrogens is 294 g/mol. The second-order valence-electron chi connectivity index (χ2n) is 4.50. The molecule has 0 aliphatic heterocycles. The van der Waals surface area contributed by atoms with Crippen molar-refractivity contribution in [3.63, 3.8) is 0 Å². The number of carboxylic acid groups (broad SMARTS) is 1. The van der Waals surface area contributed by atoms with Crippen LogP contribution in [0.25, 0.3) is 0 Å². The third-order valence-corrected chi connectivity index (χ3v) is 2.64. The van der Waals surface area contributed by atoms with Gasteiger partial charge in [-0.1, -0.05) is 0 Å². The van der Waals surface area contributed by atoms with E-state index >= 15 is 0 Å². The fraction of sp³-hybridized carbons (Fsp3) is 0.667. The predicted octanol–water partition coefficient (Wildman–Crippen LogP) is -3.12. The van der Waals surface area contributed by atoms with Crippen LogP contribution in [0.5, 0.6) is 0 Å². The van der Waals surface area contributed by atoms with Crippen LogP contribution in [0.3, 0.4) is 0 Å². The summed E-state index contributed by atoms with van der Waals surface area (Å²) in [6, 6.07) is -0.881. The maximum Gasteiger partial charge on any atom is 0.322 e. The molecule has 0 spiro atoms. The van der Waals surface area contributed by atoms with Gasteiger partial charge in [0.05, 0.1) is 13.1 Å². The van der Waals surface area contributed by atoms with Crippen LogP contribution in [0.15, 0.2) is 0 Å². The Labute approximate surface area is 128 Å². The van der Waals surface area contributed by atoms with Crippen molar-refractivity contribution >= 4 is 23.7 Å². The number of carboxylic acids is 1. The number of carbonyl (C=O) groups excluding carboxylic acids is 3. The number of nitrogens with two attached hydrogens (primary N) is 2. The van der Waals surface area contributed by atoms with Crippen LogP contribution in [-0.2, 0) is 19.2 Å². The van der Waals surface area contributed by atoms with Crippen LogP contribution in [0, 0.1) is 0 Å². The minimum absolute atomic E-state index is 0.244. The van der Waals surface area contributed by atoms with Gasteiger partial charge in [-0.05, 0) is 25.8 Å². The number of amides is 3. The van der Waals surface area contributed by atoms with E-state index in [9.17, 15) is 19.2 Å². The molecule has 1 unspecified atom stereocenters. The third-order valence-electron chi connectivity index (χ3n) is 2.64. The Balaban J connectivity index is 4.43. The molecule has 10 heteroatoms.